The number of fused-ring (bicyclic) bond motifs is 1. The van der Waals surface area contributed by atoms with Crippen LogP contribution in [0.1, 0.15) is 50.9 Å². The lowest BCUT2D eigenvalue weighted by Gasteiger charge is -2.33. The predicted molar refractivity (Wildman–Crippen MR) is 87.1 cm³/mol. The number of alkyl halides is 1. The van der Waals surface area contributed by atoms with Gasteiger partial charge in [-0.05, 0) is 30.9 Å². The Bertz CT molecular complexity index is 623. The Morgan fingerprint density at radius 2 is 2.14 bits per heavy atom. The zero-order chi connectivity index (χ0) is 14.8. The number of rotatable bonds is 4. The maximum Gasteiger partial charge on any atom is 0.125 e. The van der Waals surface area contributed by atoms with Crippen LogP contribution < -0.4 is 4.74 Å². The van der Waals surface area contributed by atoms with Gasteiger partial charge >= 0.3 is 0 Å². The topological polar surface area (TPSA) is 27.1 Å². The number of hydrogen-bond donors (Lipinski definition) is 0. The summed E-state index contributed by atoms with van der Waals surface area (Å²) in [6.07, 6.45) is 6.44. The Morgan fingerprint density at radius 3 is 2.86 bits per heavy atom. The fourth-order valence-electron chi connectivity index (χ4n) is 3.72. The summed E-state index contributed by atoms with van der Waals surface area (Å²) in [6.45, 7) is 2.30. The lowest BCUT2D eigenvalue weighted by molar-refractivity contribution is 0.234. The molecule has 1 aromatic heterocycles. The van der Waals surface area contributed by atoms with E-state index in [9.17, 15) is 0 Å². The van der Waals surface area contributed by atoms with E-state index in [1.807, 2.05) is 12.1 Å². The minimum absolute atomic E-state index is 0.462. The van der Waals surface area contributed by atoms with Gasteiger partial charge in [0.05, 0.1) is 24.0 Å². The molecule has 1 fully saturated rings. The molecule has 2 atom stereocenters. The first kappa shape index (κ1) is 14.7. The summed E-state index contributed by atoms with van der Waals surface area (Å²) in [4.78, 5) is 4.73. The average Bonchev–Trinajstić information content (AvgIpc) is 2.91. The van der Waals surface area contributed by atoms with Gasteiger partial charge in [0.15, 0.2) is 0 Å². The second kappa shape index (κ2) is 6.27. The zero-order valence-electron chi connectivity index (χ0n) is 12.8. The number of hydrogen-bond acceptors (Lipinski definition) is 2. The Kier molecular flexibility index (Phi) is 4.39. The van der Waals surface area contributed by atoms with E-state index in [-0.39, 0.29) is 0 Å². The lowest BCUT2D eigenvalue weighted by Crippen LogP contribution is -2.24. The van der Waals surface area contributed by atoms with Crippen molar-refractivity contribution in [3.8, 4) is 5.75 Å². The summed E-state index contributed by atoms with van der Waals surface area (Å²) >= 11 is 6.17. The Labute approximate surface area is 131 Å². The summed E-state index contributed by atoms with van der Waals surface area (Å²) in [6, 6.07) is 6.68. The van der Waals surface area contributed by atoms with Crippen molar-refractivity contribution in [1.82, 2.24) is 9.55 Å². The van der Waals surface area contributed by atoms with Crippen molar-refractivity contribution in [3.63, 3.8) is 0 Å². The average molecular weight is 307 g/mol. The molecule has 0 N–H and O–H groups in total. The number of nitrogens with zero attached hydrogens (tertiary/aromatic N) is 2. The van der Waals surface area contributed by atoms with E-state index in [0.29, 0.717) is 11.9 Å². The van der Waals surface area contributed by atoms with Gasteiger partial charge < -0.3 is 9.30 Å². The highest BCUT2D eigenvalue weighted by atomic mass is 35.5. The Balaban J connectivity index is 2.11. The monoisotopic (exact) mass is 306 g/mol. The summed E-state index contributed by atoms with van der Waals surface area (Å²) in [5, 5.41) is 0. The predicted octanol–water partition coefficient (Wildman–Crippen LogP) is 4.93. The SMILES string of the molecule is CCC1CCCCC1n1c(CCl)nc2cc(OC)ccc21. The summed E-state index contributed by atoms with van der Waals surface area (Å²) in [5.41, 5.74) is 2.18. The molecule has 0 radical (unpaired) electrons. The van der Waals surface area contributed by atoms with E-state index >= 15 is 0 Å². The number of methoxy groups -OCH3 is 1. The van der Waals surface area contributed by atoms with Crippen molar-refractivity contribution in [2.45, 2.75) is 50.9 Å². The number of halogens is 1. The molecule has 114 valence electrons. The second-order valence-corrected chi connectivity index (χ2v) is 6.17. The van der Waals surface area contributed by atoms with Crippen LogP contribution in [0.3, 0.4) is 0 Å². The van der Waals surface area contributed by atoms with Crippen LogP contribution >= 0.6 is 11.6 Å². The molecule has 1 saturated carbocycles. The van der Waals surface area contributed by atoms with Crippen LogP contribution in [0, 0.1) is 5.92 Å². The number of ether oxygens (including phenoxy) is 1. The second-order valence-electron chi connectivity index (χ2n) is 5.91. The molecule has 4 heteroatoms. The molecule has 1 aromatic carbocycles. The first-order chi connectivity index (χ1) is 10.3. The molecule has 2 unspecified atom stereocenters. The van der Waals surface area contributed by atoms with Crippen LogP contribution in [0.5, 0.6) is 5.75 Å². The van der Waals surface area contributed by atoms with Gasteiger partial charge in [0, 0.05) is 12.1 Å². The summed E-state index contributed by atoms with van der Waals surface area (Å²) in [5.74, 6) is 3.04. The van der Waals surface area contributed by atoms with Crippen LogP contribution in [0.2, 0.25) is 0 Å². The van der Waals surface area contributed by atoms with Crippen molar-refractivity contribution in [2.75, 3.05) is 7.11 Å². The van der Waals surface area contributed by atoms with E-state index in [2.05, 4.69) is 17.6 Å². The molecule has 0 amide bonds. The van der Waals surface area contributed by atoms with Crippen molar-refractivity contribution in [3.05, 3.63) is 24.0 Å². The molecule has 3 nitrogen and oxygen atoms in total. The van der Waals surface area contributed by atoms with E-state index < -0.39 is 0 Å². The fraction of sp³-hybridized carbons (Fsp3) is 0.588. The van der Waals surface area contributed by atoms with E-state index in [1.165, 1.54) is 37.6 Å². The van der Waals surface area contributed by atoms with Gasteiger partial charge in [0.1, 0.15) is 11.6 Å². The quantitative estimate of drug-likeness (QED) is 0.749. The van der Waals surface area contributed by atoms with E-state index in [1.54, 1.807) is 7.11 Å². The molecule has 2 aromatic rings. The highest BCUT2D eigenvalue weighted by Gasteiger charge is 2.28. The molecular weight excluding hydrogens is 284 g/mol. The van der Waals surface area contributed by atoms with E-state index in [4.69, 9.17) is 21.3 Å². The molecule has 0 saturated heterocycles. The summed E-state index contributed by atoms with van der Waals surface area (Å²) < 4.78 is 7.71. The van der Waals surface area contributed by atoms with Gasteiger partial charge in [0.2, 0.25) is 0 Å². The van der Waals surface area contributed by atoms with Crippen LogP contribution in [0.4, 0.5) is 0 Å². The maximum absolute atomic E-state index is 6.17. The molecule has 21 heavy (non-hydrogen) atoms. The summed E-state index contributed by atoms with van der Waals surface area (Å²) in [7, 11) is 1.69. The first-order valence-electron chi connectivity index (χ1n) is 7.89. The molecule has 0 spiro atoms. The van der Waals surface area contributed by atoms with Crippen LogP contribution in [-0.2, 0) is 5.88 Å². The molecule has 1 aliphatic carbocycles. The van der Waals surface area contributed by atoms with Gasteiger partial charge in [0.25, 0.3) is 0 Å². The van der Waals surface area contributed by atoms with Crippen molar-refractivity contribution >= 4 is 22.6 Å². The third kappa shape index (κ3) is 2.64. The fourth-order valence-corrected chi connectivity index (χ4v) is 3.91. The van der Waals surface area contributed by atoms with Crippen molar-refractivity contribution < 1.29 is 4.74 Å². The van der Waals surface area contributed by atoms with Gasteiger partial charge in [-0.1, -0.05) is 26.2 Å². The molecule has 3 rings (SSSR count). The third-order valence-electron chi connectivity index (χ3n) is 4.81. The number of benzene rings is 1. The van der Waals surface area contributed by atoms with Crippen LogP contribution in [0.15, 0.2) is 18.2 Å². The number of imidazole rings is 1. The first-order valence-corrected chi connectivity index (χ1v) is 8.42. The van der Waals surface area contributed by atoms with Crippen LogP contribution in [0.25, 0.3) is 11.0 Å². The number of aromatic nitrogens is 2. The largest absolute Gasteiger partial charge is 0.497 e. The zero-order valence-corrected chi connectivity index (χ0v) is 13.6. The normalized spacial score (nSPS) is 22.6. The van der Waals surface area contributed by atoms with Gasteiger partial charge in [-0.25, -0.2) is 4.98 Å². The van der Waals surface area contributed by atoms with Crippen LogP contribution in [-0.4, -0.2) is 16.7 Å². The highest BCUT2D eigenvalue weighted by molar-refractivity contribution is 6.16. The molecule has 1 heterocycles. The van der Waals surface area contributed by atoms with Gasteiger partial charge in [-0.15, -0.1) is 11.6 Å². The minimum Gasteiger partial charge on any atom is -0.497 e. The van der Waals surface area contributed by atoms with Gasteiger partial charge in [-0.2, -0.15) is 0 Å². The van der Waals surface area contributed by atoms with E-state index in [0.717, 1.165) is 23.0 Å². The third-order valence-corrected chi connectivity index (χ3v) is 5.05. The smallest absolute Gasteiger partial charge is 0.125 e. The standard InChI is InChI=1S/C17H23ClN2O/c1-3-12-6-4-5-7-15(12)20-16-9-8-13(21-2)10-14(16)19-17(20)11-18/h8-10,12,15H,3-7,11H2,1-2H3. The highest BCUT2D eigenvalue weighted by Crippen LogP contribution is 2.39. The van der Waals surface area contributed by atoms with Crippen molar-refractivity contribution in [1.29, 1.82) is 0 Å². The molecular formula is C17H23ClN2O. The molecule has 0 aliphatic heterocycles. The van der Waals surface area contributed by atoms with Gasteiger partial charge in [-0.3, -0.25) is 0 Å². The maximum atomic E-state index is 6.17. The Morgan fingerprint density at radius 1 is 1.33 bits per heavy atom. The Hall–Kier alpha value is -1.22. The molecule has 0 bridgehead atoms. The minimum atomic E-state index is 0.462. The molecule has 1 aliphatic rings. The lowest BCUT2D eigenvalue weighted by atomic mass is 9.82. The van der Waals surface area contributed by atoms with Crippen molar-refractivity contribution in [2.24, 2.45) is 5.92 Å².